The molecule has 0 aliphatic rings. The van der Waals surface area contributed by atoms with Gasteiger partial charge in [-0.1, -0.05) is 11.2 Å². The number of Topliss-reactive ketones (excluding diaryl/α,β-unsaturated/α-hetero) is 1. The van der Waals surface area contributed by atoms with Crippen molar-refractivity contribution in [1.82, 2.24) is 9.72 Å². The van der Waals surface area contributed by atoms with E-state index in [1.54, 1.807) is 30.3 Å². The Kier molecular flexibility index (Phi) is 5.35. The van der Waals surface area contributed by atoms with Crippen molar-refractivity contribution in [1.29, 1.82) is 0 Å². The number of nitrogens with zero attached hydrogens (tertiary/aromatic N) is 3. The van der Waals surface area contributed by atoms with E-state index in [0.29, 0.717) is 22.7 Å². The topological polar surface area (TPSA) is 77.6 Å². The Hall–Kier alpha value is -3.35. The smallest absolute Gasteiger partial charge is 0.338 e. The summed E-state index contributed by atoms with van der Waals surface area (Å²) in [4.78, 5) is 26.8. The van der Waals surface area contributed by atoms with Crippen LogP contribution in [-0.4, -0.2) is 42.2 Å². The molecule has 3 rings (SSSR count). The molecule has 0 unspecified atom stereocenters. The Morgan fingerprint density at radius 3 is 2.54 bits per heavy atom. The van der Waals surface area contributed by atoms with Gasteiger partial charge in [-0.2, -0.15) is 0 Å². The average Bonchev–Trinajstić information content (AvgIpc) is 3.21. The number of aryl methyl sites for hydroxylation is 2. The third kappa shape index (κ3) is 3.83. The van der Waals surface area contributed by atoms with E-state index in [1.165, 1.54) is 0 Å². The number of benzene rings is 1. The van der Waals surface area contributed by atoms with Gasteiger partial charge in [0.25, 0.3) is 0 Å². The lowest BCUT2D eigenvalue weighted by atomic mass is 10.1. The van der Waals surface area contributed by atoms with Crippen LogP contribution >= 0.6 is 0 Å². The highest BCUT2D eigenvalue weighted by Crippen LogP contribution is 2.21. The fourth-order valence-corrected chi connectivity index (χ4v) is 3.06. The van der Waals surface area contributed by atoms with E-state index in [9.17, 15) is 9.59 Å². The highest BCUT2D eigenvalue weighted by molar-refractivity contribution is 6.00. The summed E-state index contributed by atoms with van der Waals surface area (Å²) in [6, 6.07) is 10.6. The van der Waals surface area contributed by atoms with E-state index < -0.39 is 5.97 Å². The zero-order chi connectivity index (χ0) is 20.4. The number of esters is 1. The summed E-state index contributed by atoms with van der Waals surface area (Å²) in [6.45, 7) is 5.19. The quantitative estimate of drug-likeness (QED) is 0.480. The van der Waals surface area contributed by atoms with E-state index >= 15 is 0 Å². The van der Waals surface area contributed by atoms with Crippen LogP contribution < -0.4 is 4.90 Å². The highest BCUT2D eigenvalue weighted by atomic mass is 16.5. The summed E-state index contributed by atoms with van der Waals surface area (Å²) < 4.78 is 12.2. The number of hydrogen-bond donors (Lipinski definition) is 0. The van der Waals surface area contributed by atoms with Crippen LogP contribution in [0.2, 0.25) is 0 Å². The highest BCUT2D eigenvalue weighted by Gasteiger charge is 2.20. The van der Waals surface area contributed by atoms with Crippen molar-refractivity contribution >= 4 is 17.4 Å². The van der Waals surface area contributed by atoms with Crippen molar-refractivity contribution < 1.29 is 18.8 Å². The van der Waals surface area contributed by atoms with Crippen LogP contribution in [0.5, 0.6) is 0 Å². The van der Waals surface area contributed by atoms with E-state index in [4.69, 9.17) is 9.26 Å². The predicted octanol–water partition coefficient (Wildman–Crippen LogP) is 3.50. The summed E-state index contributed by atoms with van der Waals surface area (Å²) in [5.74, 6) is 0.503. The van der Waals surface area contributed by atoms with E-state index in [0.717, 1.165) is 17.1 Å². The van der Waals surface area contributed by atoms with Crippen LogP contribution in [0.3, 0.4) is 0 Å². The lowest BCUT2D eigenvalue weighted by Gasteiger charge is -2.13. The molecule has 7 nitrogen and oxygen atoms in total. The SMILES string of the molecule is Cc1cc(-n2c(C)cc(C(=O)COC(=O)c3cccc(N(C)C)c3)c2C)no1. The van der Waals surface area contributed by atoms with Crippen molar-refractivity contribution in [2.75, 3.05) is 25.6 Å². The first-order valence-corrected chi connectivity index (χ1v) is 8.88. The standard InChI is InChI=1S/C21H23N3O4/c1-13-9-18(15(3)24(13)20-10-14(2)28-22-20)19(25)12-27-21(26)16-7-6-8-17(11-16)23(4)5/h6-11H,12H2,1-5H3. The Balaban J connectivity index is 1.74. The van der Waals surface area contributed by atoms with Gasteiger partial charge < -0.3 is 14.2 Å². The molecule has 7 heteroatoms. The van der Waals surface area contributed by atoms with Gasteiger partial charge in [0.15, 0.2) is 12.4 Å². The molecule has 0 radical (unpaired) electrons. The monoisotopic (exact) mass is 381 g/mol. The summed E-state index contributed by atoms with van der Waals surface area (Å²) in [5, 5.41) is 4.00. The fourth-order valence-electron chi connectivity index (χ4n) is 3.06. The maximum Gasteiger partial charge on any atom is 0.338 e. The molecule has 0 amide bonds. The molecule has 0 saturated carbocycles. The van der Waals surface area contributed by atoms with Crippen molar-refractivity contribution in [2.24, 2.45) is 0 Å². The maximum absolute atomic E-state index is 12.6. The van der Waals surface area contributed by atoms with Crippen LogP contribution in [0, 0.1) is 20.8 Å². The zero-order valence-corrected chi connectivity index (χ0v) is 16.6. The average molecular weight is 381 g/mol. The minimum absolute atomic E-state index is 0.267. The molecule has 0 fully saturated rings. The first-order valence-electron chi connectivity index (χ1n) is 8.88. The van der Waals surface area contributed by atoms with E-state index in [2.05, 4.69) is 5.16 Å². The molecule has 28 heavy (non-hydrogen) atoms. The second-order valence-electron chi connectivity index (χ2n) is 6.86. The number of aromatic nitrogens is 2. The lowest BCUT2D eigenvalue weighted by molar-refractivity contribution is 0.0474. The molecule has 0 saturated heterocycles. The van der Waals surface area contributed by atoms with Crippen LogP contribution in [0.15, 0.2) is 40.9 Å². The largest absolute Gasteiger partial charge is 0.454 e. The molecular weight excluding hydrogens is 358 g/mol. The molecule has 146 valence electrons. The Labute approximate surface area is 163 Å². The van der Waals surface area contributed by atoms with Crippen molar-refractivity contribution in [3.8, 4) is 5.82 Å². The van der Waals surface area contributed by atoms with Gasteiger partial charge in [-0.05, 0) is 45.0 Å². The molecule has 0 bridgehead atoms. The second kappa shape index (κ2) is 7.72. The summed E-state index contributed by atoms with van der Waals surface area (Å²) >= 11 is 0. The second-order valence-corrected chi connectivity index (χ2v) is 6.86. The molecule has 0 aliphatic heterocycles. The molecule has 0 atom stereocenters. The number of carbonyl (C=O) groups is 2. The summed E-state index contributed by atoms with van der Waals surface area (Å²) in [5.41, 5.74) is 3.35. The number of ether oxygens (including phenoxy) is 1. The maximum atomic E-state index is 12.6. The van der Waals surface area contributed by atoms with Crippen LogP contribution in [-0.2, 0) is 4.74 Å². The number of hydrogen-bond acceptors (Lipinski definition) is 6. The normalized spacial score (nSPS) is 10.8. The number of anilines is 1. The first kappa shape index (κ1) is 19.4. The molecule has 0 spiro atoms. The van der Waals surface area contributed by atoms with Crippen LogP contribution in [0.25, 0.3) is 5.82 Å². The molecule has 3 aromatic rings. The Morgan fingerprint density at radius 2 is 1.89 bits per heavy atom. The summed E-state index contributed by atoms with van der Waals surface area (Å²) in [7, 11) is 3.78. The zero-order valence-electron chi connectivity index (χ0n) is 16.6. The van der Waals surface area contributed by atoms with Gasteiger partial charge in [-0.3, -0.25) is 9.36 Å². The molecule has 1 aromatic carbocycles. The third-order valence-corrected chi connectivity index (χ3v) is 4.51. The Bertz CT molecular complexity index is 1030. The minimum atomic E-state index is -0.530. The molecule has 0 N–H and O–H groups in total. The number of rotatable bonds is 6. The van der Waals surface area contributed by atoms with Gasteiger partial charge in [-0.25, -0.2) is 4.79 Å². The molecule has 2 heterocycles. The lowest BCUT2D eigenvalue weighted by Crippen LogP contribution is -2.16. The van der Waals surface area contributed by atoms with Gasteiger partial charge in [0.2, 0.25) is 5.78 Å². The Morgan fingerprint density at radius 1 is 1.14 bits per heavy atom. The van der Waals surface area contributed by atoms with E-state index in [1.807, 2.05) is 50.4 Å². The minimum Gasteiger partial charge on any atom is -0.454 e. The molecule has 2 aromatic heterocycles. The van der Waals surface area contributed by atoms with Crippen molar-refractivity contribution in [2.45, 2.75) is 20.8 Å². The van der Waals surface area contributed by atoms with Gasteiger partial charge in [0, 0.05) is 42.8 Å². The summed E-state index contributed by atoms with van der Waals surface area (Å²) in [6.07, 6.45) is 0. The third-order valence-electron chi connectivity index (χ3n) is 4.51. The molecular formula is C21H23N3O4. The fraction of sp³-hybridized carbons (Fsp3) is 0.286. The van der Waals surface area contributed by atoms with E-state index in [-0.39, 0.29) is 12.4 Å². The predicted molar refractivity (Wildman–Crippen MR) is 105 cm³/mol. The van der Waals surface area contributed by atoms with Gasteiger partial charge in [0.1, 0.15) is 5.76 Å². The van der Waals surface area contributed by atoms with Crippen molar-refractivity contribution in [3.05, 3.63) is 64.7 Å². The van der Waals surface area contributed by atoms with Gasteiger partial charge in [-0.15, -0.1) is 0 Å². The van der Waals surface area contributed by atoms with Gasteiger partial charge >= 0.3 is 5.97 Å². The van der Waals surface area contributed by atoms with Crippen LogP contribution in [0.1, 0.15) is 37.9 Å². The van der Waals surface area contributed by atoms with Gasteiger partial charge in [0.05, 0.1) is 5.56 Å². The van der Waals surface area contributed by atoms with Crippen molar-refractivity contribution in [3.63, 3.8) is 0 Å². The molecule has 0 aliphatic carbocycles. The first-order chi connectivity index (χ1) is 13.3. The number of ketones is 1. The number of carbonyl (C=O) groups excluding carboxylic acids is 2. The van der Waals surface area contributed by atoms with Crippen LogP contribution in [0.4, 0.5) is 5.69 Å².